The van der Waals surface area contributed by atoms with Gasteiger partial charge in [-0.05, 0) is 29.8 Å². The van der Waals surface area contributed by atoms with E-state index in [1.165, 1.54) is 23.5 Å². The summed E-state index contributed by atoms with van der Waals surface area (Å²) in [5.41, 5.74) is 2.30. The van der Waals surface area contributed by atoms with Crippen LogP contribution in [0.5, 0.6) is 5.75 Å². The van der Waals surface area contributed by atoms with Crippen molar-refractivity contribution in [2.24, 2.45) is 0 Å². The zero-order chi connectivity index (χ0) is 20.8. The molecule has 2 aromatic carbocycles. The summed E-state index contributed by atoms with van der Waals surface area (Å²) < 4.78 is 5.14. The maximum absolute atomic E-state index is 12.9. The molecule has 7 nitrogen and oxygen atoms in total. The summed E-state index contributed by atoms with van der Waals surface area (Å²) in [5.74, 6) is 0.636. The number of rotatable bonds is 8. The van der Waals surface area contributed by atoms with E-state index in [1.54, 1.807) is 30.2 Å². The van der Waals surface area contributed by atoms with Crippen molar-refractivity contribution >= 4 is 28.1 Å². The number of hydrogen-bond donors (Lipinski definition) is 0. The van der Waals surface area contributed by atoms with Gasteiger partial charge in [-0.25, -0.2) is 4.98 Å². The first-order valence-corrected chi connectivity index (χ1v) is 9.64. The molecule has 0 saturated heterocycles. The van der Waals surface area contributed by atoms with Crippen LogP contribution in [-0.4, -0.2) is 29.5 Å². The fourth-order valence-electron chi connectivity index (χ4n) is 2.70. The Labute approximate surface area is 172 Å². The second kappa shape index (κ2) is 9.11. The zero-order valence-corrected chi connectivity index (χ0v) is 16.6. The quantitative estimate of drug-likeness (QED) is 0.311. The fourth-order valence-corrected chi connectivity index (χ4v) is 3.56. The van der Waals surface area contributed by atoms with Crippen LogP contribution in [0.2, 0.25) is 0 Å². The number of carbonyl (C=O) groups excluding carboxylic acids is 1. The minimum absolute atomic E-state index is 0.0205. The molecular weight excluding hydrogens is 390 g/mol. The van der Waals surface area contributed by atoms with E-state index in [0.717, 1.165) is 16.9 Å². The number of nitrogens with zero attached hydrogens (tertiary/aromatic N) is 3. The minimum atomic E-state index is -0.445. The number of nitro benzene ring substituents is 1. The number of carbonyl (C=O) groups is 1. The van der Waals surface area contributed by atoms with Gasteiger partial charge < -0.3 is 4.74 Å². The van der Waals surface area contributed by atoms with Crippen LogP contribution in [0.4, 0.5) is 10.8 Å². The van der Waals surface area contributed by atoms with E-state index in [2.05, 4.69) is 11.6 Å². The lowest BCUT2D eigenvalue weighted by atomic mass is 10.1. The average molecular weight is 409 g/mol. The van der Waals surface area contributed by atoms with E-state index in [1.807, 2.05) is 29.6 Å². The highest BCUT2D eigenvalue weighted by Gasteiger charge is 2.19. The van der Waals surface area contributed by atoms with Gasteiger partial charge in [0.05, 0.1) is 24.1 Å². The van der Waals surface area contributed by atoms with E-state index in [9.17, 15) is 14.9 Å². The van der Waals surface area contributed by atoms with E-state index in [0.29, 0.717) is 17.4 Å². The van der Waals surface area contributed by atoms with Crippen molar-refractivity contribution in [1.29, 1.82) is 0 Å². The molecule has 0 aliphatic rings. The number of ether oxygens (including phenoxy) is 1. The highest BCUT2D eigenvalue weighted by molar-refractivity contribution is 7.14. The van der Waals surface area contributed by atoms with Crippen molar-refractivity contribution in [3.63, 3.8) is 0 Å². The lowest BCUT2D eigenvalue weighted by Crippen LogP contribution is -2.32. The molecule has 3 rings (SSSR count). The van der Waals surface area contributed by atoms with Gasteiger partial charge in [-0.2, -0.15) is 0 Å². The Balaban J connectivity index is 1.78. The van der Waals surface area contributed by atoms with Gasteiger partial charge >= 0.3 is 0 Å². The third kappa shape index (κ3) is 4.85. The van der Waals surface area contributed by atoms with Crippen molar-refractivity contribution in [2.45, 2.75) is 6.42 Å². The number of nitro groups is 1. The summed E-state index contributed by atoms with van der Waals surface area (Å²) in [7, 11) is 1.59. The summed E-state index contributed by atoms with van der Waals surface area (Å²) in [4.78, 5) is 29.4. The molecule has 0 saturated carbocycles. The van der Waals surface area contributed by atoms with Gasteiger partial charge in [0.2, 0.25) is 5.91 Å². The van der Waals surface area contributed by atoms with Crippen molar-refractivity contribution in [2.75, 3.05) is 18.6 Å². The Morgan fingerprint density at radius 3 is 2.52 bits per heavy atom. The van der Waals surface area contributed by atoms with Crippen LogP contribution >= 0.6 is 11.3 Å². The number of aromatic nitrogens is 1. The Kier molecular flexibility index (Phi) is 6.36. The first-order valence-electron chi connectivity index (χ1n) is 8.76. The molecule has 0 aliphatic carbocycles. The molecule has 0 bridgehead atoms. The average Bonchev–Trinajstić information content (AvgIpc) is 3.22. The first-order chi connectivity index (χ1) is 14.0. The molecule has 0 aliphatic heterocycles. The summed E-state index contributed by atoms with van der Waals surface area (Å²) in [6, 6.07) is 13.5. The molecule has 0 N–H and O–H groups in total. The third-order valence-electron chi connectivity index (χ3n) is 4.22. The number of anilines is 1. The first kappa shape index (κ1) is 20.2. The predicted molar refractivity (Wildman–Crippen MR) is 113 cm³/mol. The van der Waals surface area contributed by atoms with E-state index in [4.69, 9.17) is 4.74 Å². The van der Waals surface area contributed by atoms with Gasteiger partial charge in [-0.15, -0.1) is 17.9 Å². The summed E-state index contributed by atoms with van der Waals surface area (Å²) in [6.45, 7) is 4.07. The van der Waals surface area contributed by atoms with Gasteiger partial charge in [0.25, 0.3) is 5.69 Å². The molecule has 8 heteroatoms. The maximum atomic E-state index is 12.9. The number of methoxy groups -OCH3 is 1. The van der Waals surface area contributed by atoms with Crippen LogP contribution in [0.1, 0.15) is 5.56 Å². The molecule has 1 aromatic heterocycles. The Morgan fingerprint density at radius 2 is 1.93 bits per heavy atom. The van der Waals surface area contributed by atoms with E-state index < -0.39 is 4.92 Å². The number of thiazole rings is 1. The van der Waals surface area contributed by atoms with E-state index >= 15 is 0 Å². The molecular formula is C21H19N3O4S. The van der Waals surface area contributed by atoms with Crippen molar-refractivity contribution < 1.29 is 14.5 Å². The lowest BCUT2D eigenvalue weighted by molar-refractivity contribution is -0.384. The molecule has 0 spiro atoms. The van der Waals surface area contributed by atoms with Gasteiger partial charge in [0, 0.05) is 29.6 Å². The molecule has 0 radical (unpaired) electrons. The Bertz CT molecular complexity index is 1010. The van der Waals surface area contributed by atoms with Crippen LogP contribution in [0.15, 0.2) is 66.6 Å². The van der Waals surface area contributed by atoms with E-state index in [-0.39, 0.29) is 18.0 Å². The van der Waals surface area contributed by atoms with Gasteiger partial charge in [-0.1, -0.05) is 18.2 Å². The minimum Gasteiger partial charge on any atom is -0.497 e. The standard InChI is InChI=1S/C21H19N3O4S/c1-3-12-23(20(25)13-15-4-10-18(28-2)11-5-15)21-22-19(14-29-21)16-6-8-17(9-7-16)24(26)27/h3-11,14H,1,12-13H2,2H3. The lowest BCUT2D eigenvalue weighted by Gasteiger charge is -2.18. The van der Waals surface area contributed by atoms with Gasteiger partial charge in [-0.3, -0.25) is 19.8 Å². The summed E-state index contributed by atoms with van der Waals surface area (Å²) in [6.07, 6.45) is 1.88. The SMILES string of the molecule is C=CCN(C(=O)Cc1ccc(OC)cc1)c1nc(-c2ccc([N+](=O)[O-])cc2)cs1. The molecule has 1 amide bonds. The van der Waals surface area contributed by atoms with Crippen LogP contribution < -0.4 is 9.64 Å². The predicted octanol–water partition coefficient (Wildman–Crippen LogP) is 4.49. The summed E-state index contributed by atoms with van der Waals surface area (Å²) in [5, 5.41) is 13.2. The monoisotopic (exact) mass is 409 g/mol. The Morgan fingerprint density at radius 1 is 1.24 bits per heavy atom. The van der Waals surface area contributed by atoms with Crippen LogP contribution in [0, 0.1) is 10.1 Å². The third-order valence-corrected chi connectivity index (χ3v) is 5.09. The van der Waals surface area contributed by atoms with Gasteiger partial charge in [0.15, 0.2) is 5.13 Å². The normalized spacial score (nSPS) is 10.4. The van der Waals surface area contributed by atoms with Crippen LogP contribution in [-0.2, 0) is 11.2 Å². The van der Waals surface area contributed by atoms with Crippen molar-refractivity contribution in [3.05, 3.63) is 82.2 Å². The number of non-ortho nitro benzene ring substituents is 1. The van der Waals surface area contributed by atoms with Crippen molar-refractivity contribution in [1.82, 2.24) is 4.98 Å². The zero-order valence-electron chi connectivity index (χ0n) is 15.8. The summed E-state index contributed by atoms with van der Waals surface area (Å²) >= 11 is 1.34. The molecule has 0 fully saturated rings. The Hall–Kier alpha value is -3.52. The number of amides is 1. The largest absolute Gasteiger partial charge is 0.497 e. The van der Waals surface area contributed by atoms with Gasteiger partial charge in [0.1, 0.15) is 5.75 Å². The maximum Gasteiger partial charge on any atom is 0.269 e. The van der Waals surface area contributed by atoms with Crippen molar-refractivity contribution in [3.8, 4) is 17.0 Å². The second-order valence-corrected chi connectivity index (χ2v) is 6.97. The molecule has 0 unspecified atom stereocenters. The van der Waals surface area contributed by atoms with Crippen LogP contribution in [0.25, 0.3) is 11.3 Å². The highest BCUT2D eigenvalue weighted by Crippen LogP contribution is 2.29. The fraction of sp³-hybridized carbons (Fsp3) is 0.143. The number of benzene rings is 2. The molecule has 3 aromatic rings. The molecule has 29 heavy (non-hydrogen) atoms. The smallest absolute Gasteiger partial charge is 0.269 e. The number of hydrogen-bond acceptors (Lipinski definition) is 6. The second-order valence-electron chi connectivity index (χ2n) is 6.14. The molecule has 0 atom stereocenters. The van der Waals surface area contributed by atoms with Crippen LogP contribution in [0.3, 0.4) is 0 Å². The molecule has 148 valence electrons. The highest BCUT2D eigenvalue weighted by atomic mass is 32.1. The topological polar surface area (TPSA) is 85.6 Å². The molecule has 1 heterocycles.